The van der Waals surface area contributed by atoms with E-state index in [0.29, 0.717) is 16.9 Å². The molecule has 0 aromatic heterocycles. The average Bonchev–Trinajstić information content (AvgIpc) is 2.43. The summed E-state index contributed by atoms with van der Waals surface area (Å²) < 4.78 is 27.5. The van der Waals surface area contributed by atoms with Crippen molar-refractivity contribution < 1.29 is 13.2 Å². The summed E-state index contributed by atoms with van der Waals surface area (Å²) in [5.41, 5.74) is 2.26. The second-order valence-electron chi connectivity index (χ2n) is 5.25. The van der Waals surface area contributed by atoms with Crippen LogP contribution >= 0.6 is 11.6 Å². The minimum atomic E-state index is -3.72. The molecule has 0 saturated carbocycles. The van der Waals surface area contributed by atoms with Crippen LogP contribution in [0.25, 0.3) is 0 Å². The van der Waals surface area contributed by atoms with Crippen molar-refractivity contribution in [1.29, 1.82) is 0 Å². The van der Waals surface area contributed by atoms with Crippen molar-refractivity contribution in [3.05, 3.63) is 52.5 Å². The van der Waals surface area contributed by atoms with E-state index < -0.39 is 10.0 Å². The summed E-state index contributed by atoms with van der Waals surface area (Å²) in [6, 6.07) is 9.77. The number of halogens is 1. The van der Waals surface area contributed by atoms with Crippen LogP contribution < -0.4 is 10.0 Å². The molecule has 0 radical (unpaired) electrons. The second kappa shape index (κ2) is 6.60. The molecule has 0 aliphatic carbocycles. The largest absolute Gasteiger partial charge is 0.325 e. The average molecular weight is 353 g/mol. The predicted molar refractivity (Wildman–Crippen MR) is 92.5 cm³/mol. The molecule has 0 unspecified atom stereocenters. The molecule has 2 aromatic carbocycles. The van der Waals surface area contributed by atoms with Gasteiger partial charge in [0.05, 0.1) is 21.3 Å². The molecule has 122 valence electrons. The fourth-order valence-electron chi connectivity index (χ4n) is 2.08. The normalized spacial score (nSPS) is 11.1. The Labute approximate surface area is 140 Å². The van der Waals surface area contributed by atoms with Crippen LogP contribution in [0, 0.1) is 13.8 Å². The van der Waals surface area contributed by atoms with Crippen LogP contribution in [0.4, 0.5) is 11.4 Å². The first-order valence-electron chi connectivity index (χ1n) is 6.86. The molecule has 5 nitrogen and oxygen atoms in total. The lowest BCUT2D eigenvalue weighted by Crippen LogP contribution is -2.14. The summed E-state index contributed by atoms with van der Waals surface area (Å²) in [7, 11) is -3.72. The van der Waals surface area contributed by atoms with Crippen molar-refractivity contribution in [2.75, 3.05) is 10.0 Å². The molecule has 0 aliphatic rings. The molecule has 0 atom stereocenters. The van der Waals surface area contributed by atoms with Crippen molar-refractivity contribution in [3.8, 4) is 0 Å². The van der Waals surface area contributed by atoms with Gasteiger partial charge < -0.3 is 5.32 Å². The first-order valence-corrected chi connectivity index (χ1v) is 8.72. The molecule has 1 amide bonds. The highest BCUT2D eigenvalue weighted by Gasteiger charge is 2.17. The summed E-state index contributed by atoms with van der Waals surface area (Å²) in [5.74, 6) is -0.254. The van der Waals surface area contributed by atoms with Crippen molar-refractivity contribution in [3.63, 3.8) is 0 Å². The summed E-state index contributed by atoms with van der Waals surface area (Å²) in [6.07, 6.45) is 0. The van der Waals surface area contributed by atoms with Crippen molar-refractivity contribution in [2.45, 2.75) is 25.7 Å². The Morgan fingerprint density at radius 3 is 2.39 bits per heavy atom. The Balaban J connectivity index is 2.32. The molecule has 0 spiro atoms. The topological polar surface area (TPSA) is 75.3 Å². The Morgan fingerprint density at radius 2 is 1.78 bits per heavy atom. The third kappa shape index (κ3) is 4.24. The number of hydrogen-bond donors (Lipinski definition) is 2. The molecule has 7 heteroatoms. The van der Waals surface area contributed by atoms with E-state index in [-0.39, 0.29) is 15.8 Å². The Bertz CT molecular complexity index is 864. The van der Waals surface area contributed by atoms with E-state index in [4.69, 9.17) is 11.6 Å². The number of amides is 1. The van der Waals surface area contributed by atoms with Crippen LogP contribution in [0.1, 0.15) is 18.1 Å². The van der Waals surface area contributed by atoms with E-state index in [0.717, 1.165) is 5.56 Å². The highest BCUT2D eigenvalue weighted by molar-refractivity contribution is 7.92. The predicted octanol–water partition coefficient (Wildman–Crippen LogP) is 3.72. The van der Waals surface area contributed by atoms with Crippen LogP contribution in [0.2, 0.25) is 5.02 Å². The van der Waals surface area contributed by atoms with Gasteiger partial charge in [0.2, 0.25) is 5.91 Å². The maximum Gasteiger partial charge on any atom is 0.262 e. The van der Waals surface area contributed by atoms with Crippen LogP contribution in [-0.4, -0.2) is 14.3 Å². The van der Waals surface area contributed by atoms with E-state index in [1.54, 1.807) is 31.2 Å². The van der Waals surface area contributed by atoms with Crippen LogP contribution in [-0.2, 0) is 14.8 Å². The molecule has 2 N–H and O–H groups in total. The van der Waals surface area contributed by atoms with Gasteiger partial charge in [-0.3, -0.25) is 9.52 Å². The number of aryl methyl sites for hydroxylation is 2. The van der Waals surface area contributed by atoms with Crippen LogP contribution in [0.15, 0.2) is 41.3 Å². The SMILES string of the molecule is CC(=O)Nc1ccc(NS(=O)(=O)c2cc(C)ccc2C)cc1Cl. The summed E-state index contributed by atoms with van der Waals surface area (Å²) in [5, 5.41) is 2.81. The number of anilines is 2. The van der Waals surface area contributed by atoms with Gasteiger partial charge in [0, 0.05) is 6.92 Å². The van der Waals surface area contributed by atoms with Gasteiger partial charge in [-0.25, -0.2) is 8.42 Å². The number of hydrogen-bond acceptors (Lipinski definition) is 3. The number of sulfonamides is 1. The fraction of sp³-hybridized carbons (Fsp3) is 0.188. The maximum absolute atomic E-state index is 12.5. The molecule has 23 heavy (non-hydrogen) atoms. The maximum atomic E-state index is 12.5. The van der Waals surface area contributed by atoms with E-state index in [1.165, 1.54) is 13.0 Å². The molecule has 2 aromatic rings. The van der Waals surface area contributed by atoms with Gasteiger partial charge in [0.25, 0.3) is 10.0 Å². The van der Waals surface area contributed by atoms with Gasteiger partial charge in [-0.1, -0.05) is 23.7 Å². The highest BCUT2D eigenvalue weighted by Crippen LogP contribution is 2.27. The third-order valence-electron chi connectivity index (χ3n) is 3.17. The molecular formula is C16H17ClN2O3S. The lowest BCUT2D eigenvalue weighted by Gasteiger charge is -2.12. The zero-order chi connectivity index (χ0) is 17.2. The number of rotatable bonds is 4. The second-order valence-corrected chi connectivity index (χ2v) is 7.31. The first kappa shape index (κ1) is 17.3. The van der Waals surface area contributed by atoms with Gasteiger partial charge in [-0.05, 0) is 49.2 Å². The Morgan fingerprint density at radius 1 is 1.09 bits per heavy atom. The molecule has 0 fully saturated rings. The quantitative estimate of drug-likeness (QED) is 0.880. The third-order valence-corrected chi connectivity index (χ3v) is 5.00. The van der Waals surface area contributed by atoms with Gasteiger partial charge in [-0.15, -0.1) is 0 Å². The molecule has 0 bridgehead atoms. The van der Waals surface area contributed by atoms with Crippen molar-refractivity contribution in [1.82, 2.24) is 0 Å². The van der Waals surface area contributed by atoms with E-state index in [1.807, 2.05) is 13.0 Å². The van der Waals surface area contributed by atoms with Crippen molar-refractivity contribution >= 4 is 38.9 Å². The molecule has 2 rings (SSSR count). The standard InChI is InChI=1S/C16H17ClN2O3S/c1-10-4-5-11(2)16(8-10)23(21,22)19-13-6-7-15(14(17)9-13)18-12(3)20/h4-9,19H,1-3H3,(H,18,20). The lowest BCUT2D eigenvalue weighted by atomic mass is 10.2. The number of carbonyl (C=O) groups is 1. The molecule has 0 heterocycles. The molecule has 0 aliphatic heterocycles. The minimum Gasteiger partial charge on any atom is -0.325 e. The van der Waals surface area contributed by atoms with Gasteiger partial charge in [0.1, 0.15) is 0 Å². The summed E-state index contributed by atoms with van der Waals surface area (Å²) in [6.45, 7) is 4.94. The van der Waals surface area contributed by atoms with Crippen LogP contribution in [0.5, 0.6) is 0 Å². The minimum absolute atomic E-state index is 0.222. The highest BCUT2D eigenvalue weighted by atomic mass is 35.5. The zero-order valence-electron chi connectivity index (χ0n) is 13.0. The Kier molecular flexibility index (Phi) is 4.97. The number of benzene rings is 2. The first-order chi connectivity index (χ1) is 10.7. The van der Waals surface area contributed by atoms with Gasteiger partial charge in [-0.2, -0.15) is 0 Å². The van der Waals surface area contributed by atoms with E-state index >= 15 is 0 Å². The van der Waals surface area contributed by atoms with Gasteiger partial charge in [0.15, 0.2) is 0 Å². The molecular weight excluding hydrogens is 336 g/mol. The summed E-state index contributed by atoms with van der Waals surface area (Å²) in [4.78, 5) is 11.3. The lowest BCUT2D eigenvalue weighted by molar-refractivity contribution is -0.114. The van der Waals surface area contributed by atoms with Gasteiger partial charge >= 0.3 is 0 Å². The summed E-state index contributed by atoms with van der Waals surface area (Å²) >= 11 is 6.06. The smallest absolute Gasteiger partial charge is 0.262 e. The fourth-order valence-corrected chi connectivity index (χ4v) is 3.68. The monoisotopic (exact) mass is 352 g/mol. The van der Waals surface area contributed by atoms with Crippen molar-refractivity contribution in [2.24, 2.45) is 0 Å². The van der Waals surface area contributed by atoms with E-state index in [2.05, 4.69) is 10.0 Å². The zero-order valence-corrected chi connectivity index (χ0v) is 14.5. The van der Waals surface area contributed by atoms with E-state index in [9.17, 15) is 13.2 Å². The number of carbonyl (C=O) groups excluding carboxylic acids is 1. The van der Waals surface area contributed by atoms with Crippen LogP contribution in [0.3, 0.4) is 0 Å². The molecule has 0 saturated heterocycles. The number of nitrogens with one attached hydrogen (secondary N) is 2. The Hall–Kier alpha value is -2.05.